The van der Waals surface area contributed by atoms with Crippen molar-refractivity contribution in [1.29, 1.82) is 0 Å². The summed E-state index contributed by atoms with van der Waals surface area (Å²) in [6.07, 6.45) is 0. The second-order valence-corrected chi connectivity index (χ2v) is 4.26. The summed E-state index contributed by atoms with van der Waals surface area (Å²) in [5.74, 6) is 1.41. The molecule has 0 unspecified atom stereocenters. The van der Waals surface area contributed by atoms with Crippen molar-refractivity contribution in [2.24, 2.45) is 0 Å². The van der Waals surface area contributed by atoms with Gasteiger partial charge in [-0.15, -0.1) is 0 Å². The summed E-state index contributed by atoms with van der Waals surface area (Å²) >= 11 is 0. The number of hydrogen-bond acceptors (Lipinski definition) is 4. The molecule has 1 aromatic heterocycles. The Bertz CT molecular complexity index is 600. The summed E-state index contributed by atoms with van der Waals surface area (Å²) in [7, 11) is 1.79. The molecule has 6 heteroatoms. The zero-order valence-corrected chi connectivity index (χ0v) is 11.4. The van der Waals surface area contributed by atoms with E-state index in [4.69, 9.17) is 0 Å². The van der Waals surface area contributed by atoms with E-state index in [2.05, 4.69) is 20.0 Å². The molecule has 1 aromatic carbocycles. The molecule has 0 saturated heterocycles. The van der Waals surface area contributed by atoms with Crippen LogP contribution in [0.1, 0.15) is 11.3 Å². The predicted octanol–water partition coefficient (Wildman–Crippen LogP) is 3.40. The quantitative estimate of drug-likeness (QED) is 0.931. The molecule has 0 aliphatic rings. The van der Waals surface area contributed by atoms with Gasteiger partial charge in [0.1, 0.15) is 11.6 Å². The first kappa shape index (κ1) is 14.2. The van der Waals surface area contributed by atoms with Crippen molar-refractivity contribution < 1.29 is 13.5 Å². The van der Waals surface area contributed by atoms with E-state index in [0.29, 0.717) is 5.82 Å². The number of ether oxygens (including phenoxy) is 1. The van der Waals surface area contributed by atoms with Crippen LogP contribution in [0.3, 0.4) is 0 Å². The number of rotatable bonds is 4. The van der Waals surface area contributed by atoms with Gasteiger partial charge in [-0.25, -0.2) is 9.97 Å². The van der Waals surface area contributed by atoms with Crippen LogP contribution in [-0.2, 0) is 0 Å². The highest BCUT2D eigenvalue weighted by Gasteiger charge is 2.09. The zero-order valence-electron chi connectivity index (χ0n) is 11.4. The van der Waals surface area contributed by atoms with Gasteiger partial charge in [-0.1, -0.05) is 0 Å². The smallest absolute Gasteiger partial charge is 0.387 e. The van der Waals surface area contributed by atoms with E-state index in [9.17, 15) is 8.78 Å². The van der Waals surface area contributed by atoms with Crippen LogP contribution < -0.4 is 10.1 Å². The topological polar surface area (TPSA) is 47.0 Å². The Labute approximate surface area is 115 Å². The van der Waals surface area contributed by atoms with Crippen molar-refractivity contribution in [1.82, 2.24) is 9.97 Å². The molecule has 0 fully saturated rings. The monoisotopic (exact) mass is 279 g/mol. The van der Waals surface area contributed by atoms with Crippen molar-refractivity contribution in [2.45, 2.75) is 20.5 Å². The SMILES string of the molecule is CNc1nc(-c2ccc(OC(F)F)cc2)nc(C)c1C. The molecular formula is C14H15F2N3O. The molecule has 20 heavy (non-hydrogen) atoms. The lowest BCUT2D eigenvalue weighted by molar-refractivity contribution is -0.0498. The minimum atomic E-state index is -2.82. The number of halogens is 2. The fourth-order valence-corrected chi connectivity index (χ4v) is 1.79. The number of aromatic nitrogens is 2. The normalized spacial score (nSPS) is 10.7. The molecule has 0 saturated carbocycles. The summed E-state index contributed by atoms with van der Waals surface area (Å²) < 4.78 is 28.5. The van der Waals surface area contributed by atoms with Gasteiger partial charge in [0.15, 0.2) is 5.82 Å². The molecule has 4 nitrogen and oxygen atoms in total. The predicted molar refractivity (Wildman–Crippen MR) is 73.1 cm³/mol. The maximum Gasteiger partial charge on any atom is 0.387 e. The third kappa shape index (κ3) is 3.01. The molecule has 0 radical (unpaired) electrons. The van der Waals surface area contributed by atoms with Gasteiger partial charge in [0, 0.05) is 23.9 Å². The molecule has 0 spiro atoms. The van der Waals surface area contributed by atoms with Gasteiger partial charge >= 0.3 is 6.61 Å². The summed E-state index contributed by atoms with van der Waals surface area (Å²) in [5, 5.41) is 3.01. The lowest BCUT2D eigenvalue weighted by atomic mass is 10.2. The number of benzene rings is 1. The highest BCUT2D eigenvalue weighted by atomic mass is 19.3. The van der Waals surface area contributed by atoms with Crippen LogP contribution in [0.5, 0.6) is 5.75 Å². The largest absolute Gasteiger partial charge is 0.435 e. The van der Waals surface area contributed by atoms with E-state index in [1.165, 1.54) is 12.1 Å². The van der Waals surface area contributed by atoms with Crippen LogP contribution >= 0.6 is 0 Å². The van der Waals surface area contributed by atoms with Crippen LogP contribution in [0, 0.1) is 13.8 Å². The van der Waals surface area contributed by atoms with E-state index in [-0.39, 0.29) is 5.75 Å². The molecular weight excluding hydrogens is 264 g/mol. The highest BCUT2D eigenvalue weighted by molar-refractivity contribution is 5.60. The second kappa shape index (κ2) is 5.81. The lowest BCUT2D eigenvalue weighted by Crippen LogP contribution is -2.03. The first-order chi connectivity index (χ1) is 9.51. The Balaban J connectivity index is 2.34. The van der Waals surface area contributed by atoms with Gasteiger partial charge in [-0.05, 0) is 38.1 Å². The number of anilines is 1. The average molecular weight is 279 g/mol. The molecule has 2 aromatic rings. The number of alkyl halides is 2. The van der Waals surface area contributed by atoms with E-state index >= 15 is 0 Å². The first-order valence-electron chi connectivity index (χ1n) is 6.09. The summed E-state index contributed by atoms with van der Waals surface area (Å²) in [5.41, 5.74) is 2.59. The zero-order chi connectivity index (χ0) is 14.7. The molecule has 0 aliphatic carbocycles. The fraction of sp³-hybridized carbons (Fsp3) is 0.286. The van der Waals surface area contributed by atoms with Gasteiger partial charge in [-0.2, -0.15) is 8.78 Å². The Morgan fingerprint density at radius 1 is 1.10 bits per heavy atom. The van der Waals surface area contributed by atoms with Gasteiger partial charge in [0.05, 0.1) is 0 Å². The Morgan fingerprint density at radius 3 is 2.30 bits per heavy atom. The van der Waals surface area contributed by atoms with Crippen LogP contribution in [0.25, 0.3) is 11.4 Å². The van der Waals surface area contributed by atoms with Gasteiger partial charge in [0.2, 0.25) is 0 Å². The van der Waals surface area contributed by atoms with Crippen molar-refractivity contribution in [3.8, 4) is 17.1 Å². The number of aryl methyl sites for hydroxylation is 1. The molecule has 2 rings (SSSR count). The van der Waals surface area contributed by atoms with E-state index in [0.717, 1.165) is 22.6 Å². The average Bonchev–Trinajstić information content (AvgIpc) is 2.42. The molecule has 106 valence electrons. The molecule has 0 amide bonds. The molecule has 1 N–H and O–H groups in total. The van der Waals surface area contributed by atoms with E-state index in [1.54, 1.807) is 19.2 Å². The minimum absolute atomic E-state index is 0.112. The fourth-order valence-electron chi connectivity index (χ4n) is 1.79. The third-order valence-electron chi connectivity index (χ3n) is 2.96. The van der Waals surface area contributed by atoms with Gasteiger partial charge < -0.3 is 10.1 Å². The van der Waals surface area contributed by atoms with E-state index < -0.39 is 6.61 Å². The van der Waals surface area contributed by atoms with Crippen molar-refractivity contribution in [3.63, 3.8) is 0 Å². The number of nitrogens with one attached hydrogen (secondary N) is 1. The molecule has 0 aliphatic heterocycles. The van der Waals surface area contributed by atoms with Crippen LogP contribution in [0.15, 0.2) is 24.3 Å². The van der Waals surface area contributed by atoms with Crippen molar-refractivity contribution >= 4 is 5.82 Å². The lowest BCUT2D eigenvalue weighted by Gasteiger charge is -2.10. The highest BCUT2D eigenvalue weighted by Crippen LogP contribution is 2.24. The number of hydrogen-bond donors (Lipinski definition) is 1. The molecule has 0 bridgehead atoms. The molecule has 1 heterocycles. The van der Waals surface area contributed by atoms with Crippen LogP contribution in [-0.4, -0.2) is 23.6 Å². The number of nitrogens with zero attached hydrogens (tertiary/aromatic N) is 2. The summed E-state index contributed by atoms with van der Waals surface area (Å²) in [4.78, 5) is 8.80. The van der Waals surface area contributed by atoms with Gasteiger partial charge in [-0.3, -0.25) is 0 Å². The maximum absolute atomic E-state index is 12.1. The van der Waals surface area contributed by atoms with Crippen LogP contribution in [0.2, 0.25) is 0 Å². The van der Waals surface area contributed by atoms with Crippen molar-refractivity contribution in [2.75, 3.05) is 12.4 Å². The first-order valence-corrected chi connectivity index (χ1v) is 6.09. The maximum atomic E-state index is 12.1. The van der Waals surface area contributed by atoms with Gasteiger partial charge in [0.25, 0.3) is 0 Å². The molecule has 0 atom stereocenters. The standard InChI is InChI=1S/C14H15F2N3O/c1-8-9(2)18-13(19-12(8)17-3)10-4-6-11(7-5-10)20-14(15)16/h4-7,14H,1-3H3,(H,17,18,19). The van der Waals surface area contributed by atoms with E-state index in [1.807, 2.05) is 13.8 Å². The summed E-state index contributed by atoms with van der Waals surface area (Å²) in [6.45, 7) is 1.01. The summed E-state index contributed by atoms with van der Waals surface area (Å²) in [6, 6.07) is 6.25. The minimum Gasteiger partial charge on any atom is -0.435 e. The Morgan fingerprint density at radius 2 is 1.75 bits per heavy atom. The van der Waals surface area contributed by atoms with Crippen LogP contribution in [0.4, 0.5) is 14.6 Å². The Kier molecular flexibility index (Phi) is 4.12. The second-order valence-electron chi connectivity index (χ2n) is 4.26. The Hall–Kier alpha value is -2.24. The van der Waals surface area contributed by atoms with Crippen molar-refractivity contribution in [3.05, 3.63) is 35.5 Å². The third-order valence-corrected chi connectivity index (χ3v) is 2.96.